The first kappa shape index (κ1) is 13.3. The molecule has 2 rings (SSSR count). The molecule has 1 N–H and O–H groups in total. The molecular formula is C16H21NS. The first-order valence-electron chi connectivity index (χ1n) is 6.63. The topological polar surface area (TPSA) is 12.0 Å². The molecule has 0 aliphatic heterocycles. The minimum absolute atomic E-state index is 0.566. The second-order valence-corrected chi connectivity index (χ2v) is 5.92. The van der Waals surface area contributed by atoms with Gasteiger partial charge in [0.2, 0.25) is 0 Å². The smallest absolute Gasteiger partial charge is 0.0300 e. The van der Waals surface area contributed by atoms with Gasteiger partial charge >= 0.3 is 0 Å². The van der Waals surface area contributed by atoms with E-state index in [1.54, 1.807) is 0 Å². The highest BCUT2D eigenvalue weighted by molar-refractivity contribution is 7.11. The molecule has 1 aromatic heterocycles. The molecule has 0 bridgehead atoms. The fourth-order valence-electron chi connectivity index (χ4n) is 2.02. The molecule has 0 saturated heterocycles. The monoisotopic (exact) mass is 259 g/mol. The van der Waals surface area contributed by atoms with Gasteiger partial charge in [-0.1, -0.05) is 44.2 Å². The van der Waals surface area contributed by atoms with Crippen LogP contribution in [0.2, 0.25) is 0 Å². The zero-order valence-electron chi connectivity index (χ0n) is 11.1. The summed E-state index contributed by atoms with van der Waals surface area (Å²) in [7, 11) is 0. The molecule has 1 aromatic carbocycles. The Morgan fingerprint density at radius 2 is 1.78 bits per heavy atom. The summed E-state index contributed by atoms with van der Waals surface area (Å²) in [5.74, 6) is 0.566. The molecule has 1 atom stereocenters. The van der Waals surface area contributed by atoms with Gasteiger partial charge in [-0.15, -0.1) is 11.3 Å². The lowest BCUT2D eigenvalue weighted by Crippen LogP contribution is -2.19. The molecule has 1 unspecified atom stereocenters. The van der Waals surface area contributed by atoms with Crippen LogP contribution < -0.4 is 5.32 Å². The molecule has 0 fully saturated rings. The third-order valence-electron chi connectivity index (χ3n) is 3.18. The van der Waals surface area contributed by atoms with Crippen molar-refractivity contribution in [2.24, 2.45) is 0 Å². The summed E-state index contributed by atoms with van der Waals surface area (Å²) >= 11 is 1.92. The molecule has 0 aliphatic rings. The predicted molar refractivity (Wildman–Crippen MR) is 80.3 cm³/mol. The van der Waals surface area contributed by atoms with Crippen LogP contribution in [-0.2, 0) is 13.0 Å². The minimum atomic E-state index is 0.566. The van der Waals surface area contributed by atoms with Crippen LogP contribution in [0.4, 0.5) is 0 Å². The van der Waals surface area contributed by atoms with Crippen molar-refractivity contribution in [2.45, 2.75) is 32.7 Å². The number of benzene rings is 1. The van der Waals surface area contributed by atoms with Crippen LogP contribution in [-0.4, -0.2) is 6.54 Å². The molecule has 2 heteroatoms. The van der Waals surface area contributed by atoms with E-state index < -0.39 is 0 Å². The van der Waals surface area contributed by atoms with Gasteiger partial charge < -0.3 is 5.32 Å². The van der Waals surface area contributed by atoms with E-state index in [2.05, 4.69) is 61.6 Å². The molecule has 0 amide bonds. The highest BCUT2D eigenvalue weighted by Crippen LogP contribution is 2.17. The molecule has 1 heterocycles. The number of hydrogen-bond acceptors (Lipinski definition) is 2. The lowest BCUT2D eigenvalue weighted by atomic mass is 10.0. The Hall–Kier alpha value is -1.12. The van der Waals surface area contributed by atoms with E-state index in [1.807, 2.05) is 11.3 Å². The van der Waals surface area contributed by atoms with Crippen molar-refractivity contribution in [1.82, 2.24) is 5.32 Å². The number of rotatable bonds is 6. The predicted octanol–water partition coefficient (Wildman–Crippen LogP) is 4.20. The third-order valence-corrected chi connectivity index (χ3v) is 4.41. The normalized spacial score (nSPS) is 12.6. The molecule has 2 aromatic rings. The van der Waals surface area contributed by atoms with E-state index in [0.717, 1.165) is 19.5 Å². The van der Waals surface area contributed by atoms with Crippen molar-refractivity contribution in [3.63, 3.8) is 0 Å². The maximum Gasteiger partial charge on any atom is 0.0300 e. The summed E-state index contributed by atoms with van der Waals surface area (Å²) < 4.78 is 0. The van der Waals surface area contributed by atoms with Crippen molar-refractivity contribution in [3.8, 4) is 0 Å². The SMILES string of the molecule is CCc1ccc(CNCC(C)c2ccccc2)s1. The van der Waals surface area contributed by atoms with E-state index in [1.165, 1.54) is 15.3 Å². The highest BCUT2D eigenvalue weighted by atomic mass is 32.1. The Morgan fingerprint density at radius 1 is 1.06 bits per heavy atom. The van der Waals surface area contributed by atoms with E-state index in [-0.39, 0.29) is 0 Å². The largest absolute Gasteiger partial charge is 0.311 e. The lowest BCUT2D eigenvalue weighted by molar-refractivity contribution is 0.619. The fraction of sp³-hybridized carbons (Fsp3) is 0.375. The number of aryl methyl sites for hydroxylation is 1. The fourth-order valence-corrected chi connectivity index (χ4v) is 2.95. The van der Waals surface area contributed by atoms with Crippen LogP contribution in [0.25, 0.3) is 0 Å². The number of hydrogen-bond donors (Lipinski definition) is 1. The summed E-state index contributed by atoms with van der Waals surface area (Å²) in [6, 6.07) is 15.2. The van der Waals surface area contributed by atoms with Crippen LogP contribution in [0.1, 0.15) is 35.1 Å². The maximum atomic E-state index is 3.55. The van der Waals surface area contributed by atoms with Crippen LogP contribution in [0.3, 0.4) is 0 Å². The van der Waals surface area contributed by atoms with Gasteiger partial charge in [0.25, 0.3) is 0 Å². The van der Waals surface area contributed by atoms with Gasteiger partial charge in [-0.3, -0.25) is 0 Å². The Bertz CT molecular complexity index is 461. The van der Waals surface area contributed by atoms with Gasteiger partial charge in [0.15, 0.2) is 0 Å². The zero-order chi connectivity index (χ0) is 12.8. The summed E-state index contributed by atoms with van der Waals surface area (Å²) in [4.78, 5) is 2.91. The summed E-state index contributed by atoms with van der Waals surface area (Å²) in [5, 5.41) is 3.55. The van der Waals surface area contributed by atoms with Crippen molar-refractivity contribution >= 4 is 11.3 Å². The van der Waals surface area contributed by atoms with E-state index in [9.17, 15) is 0 Å². The Kier molecular flexibility index (Phi) is 4.97. The first-order chi connectivity index (χ1) is 8.79. The van der Waals surface area contributed by atoms with Gasteiger partial charge in [-0.2, -0.15) is 0 Å². The number of nitrogens with one attached hydrogen (secondary N) is 1. The van der Waals surface area contributed by atoms with Crippen molar-refractivity contribution < 1.29 is 0 Å². The molecule has 0 saturated carbocycles. The standard InChI is InChI=1S/C16H21NS/c1-3-15-9-10-16(18-15)12-17-11-13(2)14-7-5-4-6-8-14/h4-10,13,17H,3,11-12H2,1-2H3. The van der Waals surface area contributed by atoms with E-state index >= 15 is 0 Å². The van der Waals surface area contributed by atoms with Crippen LogP contribution in [0.5, 0.6) is 0 Å². The van der Waals surface area contributed by atoms with Crippen LogP contribution >= 0.6 is 11.3 Å². The summed E-state index contributed by atoms with van der Waals surface area (Å²) in [6.45, 7) is 6.50. The lowest BCUT2D eigenvalue weighted by Gasteiger charge is -2.12. The second-order valence-electron chi connectivity index (χ2n) is 4.66. The second kappa shape index (κ2) is 6.72. The Balaban J connectivity index is 1.78. The number of thiophene rings is 1. The molecule has 0 spiro atoms. The van der Waals surface area contributed by atoms with Gasteiger partial charge in [0, 0.05) is 22.8 Å². The van der Waals surface area contributed by atoms with Crippen molar-refractivity contribution in [2.75, 3.05) is 6.54 Å². The summed E-state index contributed by atoms with van der Waals surface area (Å²) in [5.41, 5.74) is 1.41. The summed E-state index contributed by atoms with van der Waals surface area (Å²) in [6.07, 6.45) is 1.14. The average Bonchev–Trinajstić information content (AvgIpc) is 2.87. The van der Waals surface area contributed by atoms with E-state index in [0.29, 0.717) is 5.92 Å². The Labute approximate surface area is 114 Å². The Morgan fingerprint density at radius 3 is 2.44 bits per heavy atom. The van der Waals surface area contributed by atoms with Gasteiger partial charge in [-0.25, -0.2) is 0 Å². The van der Waals surface area contributed by atoms with Crippen molar-refractivity contribution in [1.29, 1.82) is 0 Å². The van der Waals surface area contributed by atoms with Crippen molar-refractivity contribution in [3.05, 3.63) is 57.8 Å². The quantitative estimate of drug-likeness (QED) is 0.819. The third kappa shape index (κ3) is 3.69. The highest BCUT2D eigenvalue weighted by Gasteiger charge is 2.04. The van der Waals surface area contributed by atoms with Crippen LogP contribution in [0.15, 0.2) is 42.5 Å². The molecule has 18 heavy (non-hydrogen) atoms. The zero-order valence-corrected chi connectivity index (χ0v) is 12.0. The van der Waals surface area contributed by atoms with Crippen LogP contribution in [0, 0.1) is 0 Å². The first-order valence-corrected chi connectivity index (χ1v) is 7.44. The molecular weight excluding hydrogens is 238 g/mol. The minimum Gasteiger partial charge on any atom is -0.311 e. The van der Waals surface area contributed by atoms with Gasteiger partial charge in [0.1, 0.15) is 0 Å². The molecule has 0 radical (unpaired) electrons. The average molecular weight is 259 g/mol. The molecule has 1 nitrogen and oxygen atoms in total. The van der Waals surface area contributed by atoms with Gasteiger partial charge in [-0.05, 0) is 30.0 Å². The molecule has 96 valence electrons. The van der Waals surface area contributed by atoms with E-state index in [4.69, 9.17) is 0 Å². The maximum absolute atomic E-state index is 3.55. The molecule has 0 aliphatic carbocycles. The van der Waals surface area contributed by atoms with Gasteiger partial charge in [0.05, 0.1) is 0 Å².